The minimum atomic E-state index is 0.595. The average Bonchev–Trinajstić information content (AvgIpc) is 2.24. The highest BCUT2D eigenvalue weighted by molar-refractivity contribution is 9.10. The van der Waals surface area contributed by atoms with Crippen LogP contribution in [0.5, 0.6) is 0 Å². The molecule has 0 bridgehead atoms. The second kappa shape index (κ2) is 7.46. The lowest BCUT2D eigenvalue weighted by Gasteiger charge is -2.26. The second-order valence-electron chi connectivity index (χ2n) is 4.24. The molecule has 3 heteroatoms. The highest BCUT2D eigenvalue weighted by Crippen LogP contribution is 2.15. The first-order valence-corrected chi connectivity index (χ1v) is 7.59. The topological polar surface area (TPSA) is 3.24 Å². The van der Waals surface area contributed by atoms with Crippen LogP contribution in [-0.2, 0) is 6.54 Å². The Morgan fingerprint density at radius 1 is 1.31 bits per heavy atom. The quantitative estimate of drug-likeness (QED) is 0.687. The lowest BCUT2D eigenvalue weighted by Crippen LogP contribution is -2.31. The van der Waals surface area contributed by atoms with Crippen LogP contribution in [0.4, 0.5) is 0 Å². The maximum atomic E-state index is 3.52. The Kier molecular flexibility index (Phi) is 6.62. The number of rotatable bonds is 6. The van der Waals surface area contributed by atoms with Gasteiger partial charge in [0, 0.05) is 22.4 Å². The van der Waals surface area contributed by atoms with Gasteiger partial charge in [0.2, 0.25) is 0 Å². The standard InChI is InChI=1S/C13H19Br2N/c1-11(2)16(8-4-7-14)10-12-5-3-6-13(15)9-12/h3,5-6,9,11H,4,7-8,10H2,1-2H3. The zero-order valence-electron chi connectivity index (χ0n) is 9.92. The van der Waals surface area contributed by atoms with Crippen molar-refractivity contribution in [2.24, 2.45) is 0 Å². The van der Waals surface area contributed by atoms with Crippen molar-refractivity contribution in [1.82, 2.24) is 4.90 Å². The number of halogens is 2. The average molecular weight is 349 g/mol. The van der Waals surface area contributed by atoms with E-state index >= 15 is 0 Å². The highest BCUT2D eigenvalue weighted by Gasteiger charge is 2.09. The Hall–Kier alpha value is 0.140. The van der Waals surface area contributed by atoms with Gasteiger partial charge in [-0.05, 0) is 44.5 Å². The molecule has 1 aromatic carbocycles. The molecular formula is C13H19Br2N. The summed E-state index contributed by atoms with van der Waals surface area (Å²) in [5, 5.41) is 1.08. The molecule has 0 heterocycles. The first-order chi connectivity index (χ1) is 7.63. The van der Waals surface area contributed by atoms with Gasteiger partial charge in [0.15, 0.2) is 0 Å². The van der Waals surface area contributed by atoms with Crippen molar-refractivity contribution < 1.29 is 0 Å². The largest absolute Gasteiger partial charge is 0.297 e. The van der Waals surface area contributed by atoms with E-state index in [2.05, 4.69) is 74.9 Å². The Morgan fingerprint density at radius 2 is 2.06 bits per heavy atom. The smallest absolute Gasteiger partial charge is 0.0236 e. The van der Waals surface area contributed by atoms with E-state index in [0.717, 1.165) is 22.9 Å². The van der Waals surface area contributed by atoms with Gasteiger partial charge in [-0.1, -0.05) is 44.0 Å². The molecule has 0 N–H and O–H groups in total. The summed E-state index contributed by atoms with van der Waals surface area (Å²) < 4.78 is 1.16. The van der Waals surface area contributed by atoms with Gasteiger partial charge in [0.05, 0.1) is 0 Å². The number of hydrogen-bond donors (Lipinski definition) is 0. The molecule has 0 unspecified atom stereocenters. The van der Waals surface area contributed by atoms with E-state index in [-0.39, 0.29) is 0 Å². The summed E-state index contributed by atoms with van der Waals surface area (Å²) in [5.41, 5.74) is 1.37. The van der Waals surface area contributed by atoms with E-state index in [1.54, 1.807) is 0 Å². The number of hydrogen-bond acceptors (Lipinski definition) is 1. The Morgan fingerprint density at radius 3 is 2.62 bits per heavy atom. The van der Waals surface area contributed by atoms with Crippen LogP contribution in [0.2, 0.25) is 0 Å². The first kappa shape index (κ1) is 14.2. The molecular weight excluding hydrogens is 330 g/mol. The molecule has 0 aromatic heterocycles. The predicted octanol–water partition coefficient (Wildman–Crippen LogP) is 4.44. The van der Waals surface area contributed by atoms with Gasteiger partial charge in [-0.25, -0.2) is 0 Å². The molecule has 0 radical (unpaired) electrons. The zero-order valence-corrected chi connectivity index (χ0v) is 13.1. The SMILES string of the molecule is CC(C)N(CCCBr)Cc1cccc(Br)c1. The van der Waals surface area contributed by atoms with E-state index in [9.17, 15) is 0 Å². The van der Waals surface area contributed by atoms with E-state index < -0.39 is 0 Å². The third-order valence-electron chi connectivity index (χ3n) is 2.58. The third-order valence-corrected chi connectivity index (χ3v) is 3.64. The van der Waals surface area contributed by atoms with Crippen LogP contribution in [0.25, 0.3) is 0 Å². The molecule has 0 saturated carbocycles. The minimum Gasteiger partial charge on any atom is -0.297 e. The lowest BCUT2D eigenvalue weighted by molar-refractivity contribution is 0.214. The van der Waals surface area contributed by atoms with Gasteiger partial charge in [-0.15, -0.1) is 0 Å². The van der Waals surface area contributed by atoms with E-state index in [0.29, 0.717) is 6.04 Å². The molecule has 90 valence electrons. The van der Waals surface area contributed by atoms with Crippen molar-refractivity contribution >= 4 is 31.9 Å². The normalized spacial score (nSPS) is 11.4. The highest BCUT2D eigenvalue weighted by atomic mass is 79.9. The number of alkyl halides is 1. The molecule has 0 spiro atoms. The Bertz CT molecular complexity index is 313. The molecule has 0 aliphatic heterocycles. The van der Waals surface area contributed by atoms with Crippen molar-refractivity contribution in [3.63, 3.8) is 0 Å². The first-order valence-electron chi connectivity index (χ1n) is 5.68. The predicted molar refractivity (Wildman–Crippen MR) is 78.1 cm³/mol. The fourth-order valence-corrected chi connectivity index (χ4v) is 2.35. The van der Waals surface area contributed by atoms with Crippen LogP contribution in [0.3, 0.4) is 0 Å². The van der Waals surface area contributed by atoms with Crippen LogP contribution in [0, 0.1) is 0 Å². The van der Waals surface area contributed by atoms with Crippen molar-refractivity contribution in [1.29, 1.82) is 0 Å². The zero-order chi connectivity index (χ0) is 12.0. The maximum Gasteiger partial charge on any atom is 0.0236 e. The van der Waals surface area contributed by atoms with Crippen LogP contribution in [0.15, 0.2) is 28.7 Å². The summed E-state index contributed by atoms with van der Waals surface area (Å²) in [5.74, 6) is 0. The van der Waals surface area contributed by atoms with Crippen LogP contribution < -0.4 is 0 Å². The van der Waals surface area contributed by atoms with Crippen molar-refractivity contribution in [3.05, 3.63) is 34.3 Å². The number of benzene rings is 1. The van der Waals surface area contributed by atoms with Gasteiger partial charge in [-0.3, -0.25) is 4.90 Å². The van der Waals surface area contributed by atoms with E-state index in [1.807, 2.05) is 0 Å². The van der Waals surface area contributed by atoms with Crippen molar-refractivity contribution in [2.75, 3.05) is 11.9 Å². The van der Waals surface area contributed by atoms with Crippen LogP contribution >= 0.6 is 31.9 Å². The number of nitrogens with zero attached hydrogens (tertiary/aromatic N) is 1. The fourth-order valence-electron chi connectivity index (χ4n) is 1.65. The Labute approximate surface area is 115 Å². The summed E-state index contributed by atoms with van der Waals surface area (Å²) in [6.07, 6.45) is 1.20. The van der Waals surface area contributed by atoms with Gasteiger partial charge in [-0.2, -0.15) is 0 Å². The summed E-state index contributed by atoms with van der Waals surface area (Å²) in [6, 6.07) is 9.15. The molecule has 0 amide bonds. The minimum absolute atomic E-state index is 0.595. The molecule has 0 saturated heterocycles. The van der Waals surface area contributed by atoms with E-state index in [4.69, 9.17) is 0 Å². The molecule has 0 aliphatic carbocycles. The fraction of sp³-hybridized carbons (Fsp3) is 0.538. The molecule has 0 atom stereocenters. The van der Waals surface area contributed by atoms with Crippen molar-refractivity contribution in [3.8, 4) is 0 Å². The van der Waals surface area contributed by atoms with Gasteiger partial charge in [0.1, 0.15) is 0 Å². The monoisotopic (exact) mass is 347 g/mol. The second-order valence-corrected chi connectivity index (χ2v) is 5.95. The van der Waals surface area contributed by atoms with Gasteiger partial charge in [0.25, 0.3) is 0 Å². The van der Waals surface area contributed by atoms with Gasteiger partial charge < -0.3 is 0 Å². The van der Waals surface area contributed by atoms with E-state index in [1.165, 1.54) is 12.0 Å². The van der Waals surface area contributed by atoms with Crippen LogP contribution in [-0.4, -0.2) is 22.8 Å². The molecule has 1 aromatic rings. The summed E-state index contributed by atoms with van der Waals surface area (Å²) in [7, 11) is 0. The Balaban J connectivity index is 2.60. The molecule has 0 aliphatic rings. The molecule has 1 nitrogen and oxygen atoms in total. The third kappa shape index (κ3) is 4.98. The van der Waals surface area contributed by atoms with Crippen molar-refractivity contribution in [2.45, 2.75) is 32.9 Å². The summed E-state index contributed by atoms with van der Waals surface area (Å²) >= 11 is 7.01. The molecule has 16 heavy (non-hydrogen) atoms. The lowest BCUT2D eigenvalue weighted by atomic mass is 10.2. The maximum absolute atomic E-state index is 3.52. The molecule has 0 fully saturated rings. The summed E-state index contributed by atoms with van der Waals surface area (Å²) in [4.78, 5) is 2.50. The van der Waals surface area contributed by atoms with Crippen LogP contribution in [0.1, 0.15) is 25.8 Å². The molecule has 1 rings (SSSR count). The van der Waals surface area contributed by atoms with Gasteiger partial charge >= 0.3 is 0 Å². The summed E-state index contributed by atoms with van der Waals surface area (Å²) in [6.45, 7) is 6.69.